The Hall–Kier alpha value is -0.280. The van der Waals surface area contributed by atoms with Crippen molar-refractivity contribution in [3.05, 3.63) is 0 Å². The second-order valence-electron chi connectivity index (χ2n) is 7.33. The van der Waals surface area contributed by atoms with Crippen molar-refractivity contribution in [3.63, 3.8) is 0 Å². The van der Waals surface area contributed by atoms with Gasteiger partial charge in [-0.05, 0) is 29.6 Å². The summed E-state index contributed by atoms with van der Waals surface area (Å²) in [5, 5.41) is 0. The van der Waals surface area contributed by atoms with Crippen molar-refractivity contribution >= 4 is 18.3 Å². The fraction of sp³-hybridized carbons (Fsp3) is 0.933. The van der Waals surface area contributed by atoms with E-state index in [1.54, 1.807) is 0 Å². The first-order valence-corrected chi connectivity index (χ1v) is 7.25. The quantitative estimate of drug-likeness (QED) is 0.849. The lowest BCUT2D eigenvalue weighted by atomic mass is 9.90. The number of nitrogens with two attached hydrogens (primary N) is 1. The molecule has 3 nitrogen and oxygen atoms in total. The van der Waals surface area contributed by atoms with Crippen LogP contribution in [0, 0.1) is 22.7 Å². The first kappa shape index (κ1) is 16.8. The molecule has 0 bridgehead atoms. The van der Waals surface area contributed by atoms with Crippen LogP contribution in [0.15, 0.2) is 0 Å². The molecule has 0 aromatic rings. The summed E-state index contributed by atoms with van der Waals surface area (Å²) < 4.78 is 0. The minimum absolute atomic E-state index is 0. The summed E-state index contributed by atoms with van der Waals surface area (Å²) in [5.41, 5.74) is 6.14. The van der Waals surface area contributed by atoms with Crippen LogP contribution in [0.4, 0.5) is 0 Å². The Morgan fingerprint density at radius 3 is 2.21 bits per heavy atom. The Morgan fingerprint density at radius 1 is 1.26 bits per heavy atom. The molecule has 19 heavy (non-hydrogen) atoms. The van der Waals surface area contributed by atoms with E-state index in [9.17, 15) is 4.79 Å². The van der Waals surface area contributed by atoms with Gasteiger partial charge in [-0.15, -0.1) is 12.4 Å². The number of piperidine rings is 1. The second kappa shape index (κ2) is 5.25. The van der Waals surface area contributed by atoms with Crippen LogP contribution in [0.25, 0.3) is 0 Å². The third-order valence-corrected chi connectivity index (χ3v) is 5.91. The molecule has 2 fully saturated rings. The molecular formula is C15H29ClN2O. The number of halogens is 1. The highest BCUT2D eigenvalue weighted by molar-refractivity contribution is 5.85. The standard InChI is InChI=1S/C15H28N2O.ClH/c1-10-7-6-8-17(11(10)9-16)13(18)12-14(2,3)15(12,4)5;/h10-12H,6-9,16H2,1-5H3;1H. The lowest BCUT2D eigenvalue weighted by molar-refractivity contribution is -0.138. The van der Waals surface area contributed by atoms with E-state index in [1.165, 1.54) is 6.42 Å². The number of likely N-dealkylation sites (tertiary alicyclic amines) is 1. The van der Waals surface area contributed by atoms with Crippen LogP contribution in [-0.4, -0.2) is 29.9 Å². The van der Waals surface area contributed by atoms with Crippen LogP contribution >= 0.6 is 12.4 Å². The average molecular weight is 289 g/mol. The van der Waals surface area contributed by atoms with Crippen molar-refractivity contribution in [3.8, 4) is 0 Å². The highest BCUT2D eigenvalue weighted by atomic mass is 35.5. The van der Waals surface area contributed by atoms with Crippen LogP contribution in [0.5, 0.6) is 0 Å². The zero-order valence-electron chi connectivity index (χ0n) is 12.9. The second-order valence-corrected chi connectivity index (χ2v) is 7.33. The van der Waals surface area contributed by atoms with Gasteiger partial charge in [0.25, 0.3) is 0 Å². The summed E-state index contributed by atoms with van der Waals surface area (Å²) >= 11 is 0. The smallest absolute Gasteiger partial charge is 0.227 e. The summed E-state index contributed by atoms with van der Waals surface area (Å²) in [7, 11) is 0. The molecule has 1 aliphatic heterocycles. The van der Waals surface area contributed by atoms with Crippen LogP contribution < -0.4 is 5.73 Å². The summed E-state index contributed by atoms with van der Waals surface area (Å²) in [6, 6.07) is 0.249. The van der Waals surface area contributed by atoms with E-state index >= 15 is 0 Å². The number of amides is 1. The zero-order chi connectivity index (χ0) is 13.7. The number of nitrogens with zero attached hydrogens (tertiary/aromatic N) is 1. The molecule has 112 valence electrons. The molecule has 1 saturated carbocycles. The van der Waals surface area contributed by atoms with Crippen LogP contribution in [0.3, 0.4) is 0 Å². The van der Waals surface area contributed by atoms with E-state index in [4.69, 9.17) is 5.73 Å². The predicted molar refractivity (Wildman–Crippen MR) is 81.3 cm³/mol. The Labute approximate surface area is 123 Å². The molecule has 0 aromatic heterocycles. The van der Waals surface area contributed by atoms with E-state index in [0.717, 1.165) is 13.0 Å². The summed E-state index contributed by atoms with van der Waals surface area (Å²) in [4.78, 5) is 14.9. The van der Waals surface area contributed by atoms with Gasteiger partial charge in [-0.3, -0.25) is 4.79 Å². The predicted octanol–water partition coefficient (Wildman–Crippen LogP) is 2.68. The van der Waals surface area contributed by atoms with Crippen molar-refractivity contribution in [2.75, 3.05) is 13.1 Å². The third-order valence-electron chi connectivity index (χ3n) is 5.91. The van der Waals surface area contributed by atoms with Crippen LogP contribution in [0.1, 0.15) is 47.5 Å². The van der Waals surface area contributed by atoms with E-state index in [2.05, 4.69) is 39.5 Å². The molecule has 1 heterocycles. The van der Waals surface area contributed by atoms with Gasteiger partial charge in [0.15, 0.2) is 0 Å². The molecule has 1 amide bonds. The molecular weight excluding hydrogens is 260 g/mol. The minimum Gasteiger partial charge on any atom is -0.338 e. The topological polar surface area (TPSA) is 46.3 Å². The fourth-order valence-corrected chi connectivity index (χ4v) is 3.86. The highest BCUT2D eigenvalue weighted by Gasteiger charge is 2.69. The molecule has 2 rings (SSSR count). The summed E-state index contributed by atoms with van der Waals surface area (Å²) in [6.45, 7) is 12.6. The van der Waals surface area contributed by atoms with Crippen molar-refractivity contribution in [2.45, 2.75) is 53.5 Å². The van der Waals surface area contributed by atoms with Crippen LogP contribution in [-0.2, 0) is 4.79 Å². The zero-order valence-corrected chi connectivity index (χ0v) is 13.7. The number of carbonyl (C=O) groups is 1. The first-order valence-electron chi connectivity index (χ1n) is 7.25. The normalized spacial score (nSPS) is 32.6. The Morgan fingerprint density at radius 2 is 1.79 bits per heavy atom. The minimum atomic E-state index is 0. The first-order chi connectivity index (χ1) is 8.25. The molecule has 0 aromatic carbocycles. The Kier molecular flexibility index (Phi) is 4.63. The van der Waals surface area contributed by atoms with Crippen molar-refractivity contribution in [1.82, 2.24) is 4.90 Å². The fourth-order valence-electron chi connectivity index (χ4n) is 3.86. The van der Waals surface area contributed by atoms with E-state index in [1.807, 2.05) is 0 Å². The number of hydrogen-bond donors (Lipinski definition) is 1. The van der Waals surface area contributed by atoms with Gasteiger partial charge in [-0.1, -0.05) is 34.6 Å². The molecule has 1 saturated heterocycles. The molecule has 1 aliphatic carbocycles. The van der Waals surface area contributed by atoms with Gasteiger partial charge in [-0.25, -0.2) is 0 Å². The molecule has 0 spiro atoms. The van der Waals surface area contributed by atoms with E-state index in [0.29, 0.717) is 18.4 Å². The number of hydrogen-bond acceptors (Lipinski definition) is 2. The molecule has 2 aliphatic rings. The molecule has 2 unspecified atom stereocenters. The maximum absolute atomic E-state index is 12.8. The maximum Gasteiger partial charge on any atom is 0.227 e. The van der Waals surface area contributed by atoms with Crippen molar-refractivity contribution in [2.24, 2.45) is 28.4 Å². The average Bonchev–Trinajstić information content (AvgIpc) is 2.68. The number of carbonyl (C=O) groups excluding carboxylic acids is 1. The Bertz CT molecular complexity index is 340. The van der Waals surface area contributed by atoms with Crippen molar-refractivity contribution in [1.29, 1.82) is 0 Å². The maximum atomic E-state index is 12.8. The summed E-state index contributed by atoms with van der Waals surface area (Å²) in [6.07, 6.45) is 2.32. The SMILES string of the molecule is CC1CCCN(C(=O)C2C(C)(C)C2(C)C)C1CN.Cl. The highest BCUT2D eigenvalue weighted by Crippen LogP contribution is 2.69. The Balaban J connectivity index is 0.00000180. The lowest BCUT2D eigenvalue weighted by Crippen LogP contribution is -2.52. The number of rotatable bonds is 2. The van der Waals surface area contributed by atoms with Gasteiger partial charge in [0.05, 0.1) is 0 Å². The van der Waals surface area contributed by atoms with Gasteiger partial charge >= 0.3 is 0 Å². The molecule has 0 radical (unpaired) electrons. The monoisotopic (exact) mass is 288 g/mol. The van der Waals surface area contributed by atoms with Crippen LogP contribution in [0.2, 0.25) is 0 Å². The molecule has 2 atom stereocenters. The molecule has 2 N–H and O–H groups in total. The van der Waals surface area contributed by atoms with E-state index in [-0.39, 0.29) is 35.2 Å². The van der Waals surface area contributed by atoms with Gasteiger partial charge in [-0.2, -0.15) is 0 Å². The molecule has 4 heteroatoms. The largest absolute Gasteiger partial charge is 0.338 e. The third kappa shape index (κ3) is 2.40. The van der Waals surface area contributed by atoms with Gasteiger partial charge in [0, 0.05) is 25.0 Å². The van der Waals surface area contributed by atoms with Gasteiger partial charge in [0.2, 0.25) is 5.91 Å². The summed E-state index contributed by atoms with van der Waals surface area (Å²) in [5.74, 6) is 1.05. The lowest BCUT2D eigenvalue weighted by Gasteiger charge is -2.40. The van der Waals surface area contributed by atoms with Crippen molar-refractivity contribution < 1.29 is 4.79 Å². The van der Waals surface area contributed by atoms with E-state index < -0.39 is 0 Å². The van der Waals surface area contributed by atoms with Gasteiger partial charge < -0.3 is 10.6 Å². The van der Waals surface area contributed by atoms with Gasteiger partial charge in [0.1, 0.15) is 0 Å².